The number of ether oxygens (including phenoxy) is 1. The summed E-state index contributed by atoms with van der Waals surface area (Å²) in [4.78, 5) is 22.0. The zero-order chi connectivity index (χ0) is 15.5. The molecular formula is C16H18N4O2. The second kappa shape index (κ2) is 6.11. The lowest BCUT2D eigenvalue weighted by atomic mass is 10.1. The average molecular weight is 298 g/mol. The van der Waals surface area contributed by atoms with Gasteiger partial charge in [-0.2, -0.15) is 0 Å². The third kappa shape index (κ3) is 3.07. The normalized spacial score (nSPS) is 18.2. The van der Waals surface area contributed by atoms with Crippen LogP contribution in [-0.2, 0) is 9.53 Å². The van der Waals surface area contributed by atoms with Gasteiger partial charge in [-0.05, 0) is 24.3 Å². The van der Waals surface area contributed by atoms with Crippen LogP contribution in [0.2, 0.25) is 0 Å². The van der Waals surface area contributed by atoms with E-state index in [2.05, 4.69) is 9.97 Å². The number of nitrogens with two attached hydrogens (primary N) is 1. The van der Waals surface area contributed by atoms with Crippen molar-refractivity contribution in [3.63, 3.8) is 0 Å². The minimum absolute atomic E-state index is 0.0622. The highest BCUT2D eigenvalue weighted by Crippen LogP contribution is 2.24. The Kier molecular flexibility index (Phi) is 4.02. The number of carbonyl (C=O) groups excluding carboxylic acids is 1. The summed E-state index contributed by atoms with van der Waals surface area (Å²) in [5.41, 5.74) is 8.14. The Labute approximate surface area is 128 Å². The standard InChI is InChI=1S/C16H18N4O2/c1-11(21)20-7-8-22-15(10-20)14-4-2-3-13(19-14)12-5-6-16(17)18-9-12/h2-6,9,15H,7-8,10H2,1H3,(H2,17,18)/t15-/m0/s1. The maximum Gasteiger partial charge on any atom is 0.219 e. The minimum Gasteiger partial charge on any atom is -0.384 e. The summed E-state index contributed by atoms with van der Waals surface area (Å²) in [6.07, 6.45) is 1.50. The molecule has 0 aromatic carbocycles. The molecule has 1 aliphatic rings. The highest BCUT2D eigenvalue weighted by Gasteiger charge is 2.24. The summed E-state index contributed by atoms with van der Waals surface area (Å²) >= 11 is 0. The first-order valence-electron chi connectivity index (χ1n) is 7.19. The number of rotatable bonds is 2. The summed E-state index contributed by atoms with van der Waals surface area (Å²) in [6.45, 7) is 3.27. The molecule has 0 bridgehead atoms. The van der Waals surface area contributed by atoms with Crippen molar-refractivity contribution >= 4 is 11.7 Å². The molecule has 3 rings (SSSR count). The molecule has 0 aliphatic carbocycles. The highest BCUT2D eigenvalue weighted by atomic mass is 16.5. The summed E-state index contributed by atoms with van der Waals surface area (Å²) < 4.78 is 5.76. The molecule has 0 unspecified atom stereocenters. The number of nitrogen functional groups attached to an aromatic ring is 1. The number of anilines is 1. The Morgan fingerprint density at radius 1 is 1.36 bits per heavy atom. The van der Waals surface area contributed by atoms with Crippen LogP contribution in [0.1, 0.15) is 18.7 Å². The average Bonchev–Trinajstić information content (AvgIpc) is 2.56. The number of nitrogens with zero attached hydrogens (tertiary/aromatic N) is 3. The molecule has 22 heavy (non-hydrogen) atoms. The van der Waals surface area contributed by atoms with Crippen LogP contribution in [0.4, 0.5) is 5.82 Å². The van der Waals surface area contributed by atoms with Crippen molar-refractivity contribution in [2.75, 3.05) is 25.4 Å². The van der Waals surface area contributed by atoms with E-state index >= 15 is 0 Å². The van der Waals surface area contributed by atoms with E-state index in [0.29, 0.717) is 25.5 Å². The van der Waals surface area contributed by atoms with E-state index in [0.717, 1.165) is 17.0 Å². The number of hydrogen-bond donors (Lipinski definition) is 1. The third-order valence-corrected chi connectivity index (χ3v) is 3.69. The molecule has 1 aliphatic heterocycles. The lowest BCUT2D eigenvalue weighted by Gasteiger charge is -2.32. The molecule has 114 valence electrons. The van der Waals surface area contributed by atoms with Crippen LogP contribution in [0.25, 0.3) is 11.3 Å². The molecule has 6 heteroatoms. The van der Waals surface area contributed by atoms with Crippen LogP contribution in [0.3, 0.4) is 0 Å². The minimum atomic E-state index is -0.195. The lowest BCUT2D eigenvalue weighted by molar-refractivity contribution is -0.136. The van der Waals surface area contributed by atoms with Crippen molar-refractivity contribution in [2.24, 2.45) is 0 Å². The number of pyridine rings is 2. The van der Waals surface area contributed by atoms with Crippen molar-refractivity contribution in [2.45, 2.75) is 13.0 Å². The Bertz CT molecular complexity index is 672. The van der Waals surface area contributed by atoms with E-state index in [4.69, 9.17) is 10.5 Å². The second-order valence-electron chi connectivity index (χ2n) is 5.24. The molecule has 1 saturated heterocycles. The zero-order valence-corrected chi connectivity index (χ0v) is 12.4. The monoisotopic (exact) mass is 298 g/mol. The fourth-order valence-corrected chi connectivity index (χ4v) is 2.46. The number of carbonyl (C=O) groups is 1. The van der Waals surface area contributed by atoms with Gasteiger partial charge in [0.2, 0.25) is 5.91 Å². The first kappa shape index (κ1) is 14.5. The van der Waals surface area contributed by atoms with Gasteiger partial charge in [0.1, 0.15) is 11.9 Å². The summed E-state index contributed by atoms with van der Waals surface area (Å²) in [5, 5.41) is 0. The van der Waals surface area contributed by atoms with Gasteiger partial charge in [0, 0.05) is 25.2 Å². The molecule has 2 aromatic heterocycles. The van der Waals surface area contributed by atoms with Crippen molar-refractivity contribution in [3.05, 3.63) is 42.2 Å². The molecule has 0 radical (unpaired) electrons. The van der Waals surface area contributed by atoms with E-state index in [9.17, 15) is 4.79 Å². The fraction of sp³-hybridized carbons (Fsp3) is 0.312. The summed E-state index contributed by atoms with van der Waals surface area (Å²) in [6, 6.07) is 9.41. The SMILES string of the molecule is CC(=O)N1CCO[C@H](c2cccc(-c3ccc(N)nc3)n2)C1. The molecule has 2 N–H and O–H groups in total. The first-order chi connectivity index (χ1) is 10.6. The largest absolute Gasteiger partial charge is 0.384 e. The maximum absolute atomic E-state index is 11.5. The van der Waals surface area contributed by atoms with E-state index in [1.165, 1.54) is 0 Å². The van der Waals surface area contributed by atoms with Crippen LogP contribution in [0.15, 0.2) is 36.5 Å². The second-order valence-corrected chi connectivity index (χ2v) is 5.24. The number of hydrogen-bond acceptors (Lipinski definition) is 5. The Balaban J connectivity index is 1.84. The van der Waals surface area contributed by atoms with Gasteiger partial charge in [-0.25, -0.2) is 9.97 Å². The molecule has 3 heterocycles. The van der Waals surface area contributed by atoms with E-state index in [-0.39, 0.29) is 12.0 Å². The van der Waals surface area contributed by atoms with Gasteiger partial charge in [-0.1, -0.05) is 6.07 Å². The molecule has 1 atom stereocenters. The predicted octanol–water partition coefficient (Wildman–Crippen LogP) is 1.65. The number of aromatic nitrogens is 2. The van der Waals surface area contributed by atoms with E-state index in [1.807, 2.05) is 24.3 Å². The Hall–Kier alpha value is -2.47. The van der Waals surface area contributed by atoms with Gasteiger partial charge in [0.05, 0.1) is 24.5 Å². The maximum atomic E-state index is 11.5. The fourth-order valence-electron chi connectivity index (χ4n) is 2.46. The molecule has 0 saturated carbocycles. The van der Waals surface area contributed by atoms with Crippen molar-refractivity contribution in [3.8, 4) is 11.3 Å². The van der Waals surface area contributed by atoms with E-state index in [1.54, 1.807) is 24.1 Å². The lowest BCUT2D eigenvalue weighted by Crippen LogP contribution is -2.41. The molecule has 6 nitrogen and oxygen atoms in total. The molecule has 0 spiro atoms. The first-order valence-corrected chi connectivity index (χ1v) is 7.19. The highest BCUT2D eigenvalue weighted by molar-refractivity contribution is 5.73. The summed E-state index contributed by atoms with van der Waals surface area (Å²) in [7, 11) is 0. The smallest absolute Gasteiger partial charge is 0.219 e. The molecular weight excluding hydrogens is 280 g/mol. The molecule has 1 amide bonds. The molecule has 2 aromatic rings. The van der Waals surface area contributed by atoms with Gasteiger partial charge >= 0.3 is 0 Å². The van der Waals surface area contributed by atoms with Gasteiger partial charge < -0.3 is 15.4 Å². The van der Waals surface area contributed by atoms with Gasteiger partial charge in [0.15, 0.2) is 0 Å². The molecule has 1 fully saturated rings. The topological polar surface area (TPSA) is 81.3 Å². The van der Waals surface area contributed by atoms with Crippen LogP contribution in [0.5, 0.6) is 0 Å². The zero-order valence-electron chi connectivity index (χ0n) is 12.4. The van der Waals surface area contributed by atoms with Crippen LogP contribution < -0.4 is 5.73 Å². The van der Waals surface area contributed by atoms with Crippen molar-refractivity contribution in [1.82, 2.24) is 14.9 Å². The van der Waals surface area contributed by atoms with Crippen LogP contribution in [0, 0.1) is 0 Å². The van der Waals surface area contributed by atoms with Crippen LogP contribution >= 0.6 is 0 Å². The number of morpholine rings is 1. The van der Waals surface area contributed by atoms with Gasteiger partial charge in [-0.3, -0.25) is 4.79 Å². The quantitative estimate of drug-likeness (QED) is 0.911. The van der Waals surface area contributed by atoms with Crippen molar-refractivity contribution in [1.29, 1.82) is 0 Å². The summed E-state index contributed by atoms with van der Waals surface area (Å²) in [5.74, 6) is 0.541. The van der Waals surface area contributed by atoms with E-state index < -0.39 is 0 Å². The third-order valence-electron chi connectivity index (χ3n) is 3.69. The Morgan fingerprint density at radius 3 is 2.95 bits per heavy atom. The van der Waals surface area contributed by atoms with Crippen LogP contribution in [-0.4, -0.2) is 40.5 Å². The Morgan fingerprint density at radius 2 is 2.23 bits per heavy atom. The van der Waals surface area contributed by atoms with Gasteiger partial charge in [0.25, 0.3) is 0 Å². The number of amides is 1. The van der Waals surface area contributed by atoms with Crippen molar-refractivity contribution < 1.29 is 9.53 Å². The van der Waals surface area contributed by atoms with Gasteiger partial charge in [-0.15, -0.1) is 0 Å². The predicted molar refractivity (Wildman–Crippen MR) is 82.8 cm³/mol.